The highest BCUT2D eigenvalue weighted by Gasteiger charge is 2.29. The minimum Gasteiger partial charge on any atom is -0.437 e. The fourth-order valence-electron chi connectivity index (χ4n) is 15.8. The van der Waals surface area contributed by atoms with Crippen LogP contribution < -0.4 is 18.3 Å². The van der Waals surface area contributed by atoms with Gasteiger partial charge in [-0.05, 0) is 216 Å². The smallest absolute Gasteiger partial charge is 0.227 e. The Balaban J connectivity index is 0.000000111. The van der Waals surface area contributed by atoms with Crippen LogP contribution in [0.4, 0.5) is 13.2 Å². The number of aromatic nitrogens is 8. The average molecular weight is 1530 g/mol. The molecule has 0 aliphatic heterocycles. The van der Waals surface area contributed by atoms with Crippen LogP contribution in [-0.4, -0.2) is 19.9 Å². The minimum absolute atomic E-state index is 0.231. The molecule has 0 spiro atoms. The minimum atomic E-state index is -0.243. The zero-order valence-electron chi connectivity index (χ0n) is 66.7. The first kappa shape index (κ1) is 74.7. The summed E-state index contributed by atoms with van der Waals surface area (Å²) in [6.07, 6.45) is 8.22. The number of fused-ring (bicyclic) bond motifs is 12. The van der Waals surface area contributed by atoms with E-state index in [1.807, 2.05) is 116 Å². The van der Waals surface area contributed by atoms with Gasteiger partial charge in [0.2, 0.25) is 45.6 Å². The fourth-order valence-corrected chi connectivity index (χ4v) is 15.8. The maximum atomic E-state index is 13.6. The third kappa shape index (κ3) is 14.2. The van der Waals surface area contributed by atoms with Crippen LogP contribution in [0.5, 0.6) is 0 Å². The summed E-state index contributed by atoms with van der Waals surface area (Å²) in [6, 6.07) is 78.5. The van der Waals surface area contributed by atoms with Gasteiger partial charge in [0.25, 0.3) is 0 Å². The second-order valence-corrected chi connectivity index (χ2v) is 30.2. The fraction of sp³-hybridized carbons (Fsp3) is 0.129. The predicted molar refractivity (Wildman–Crippen MR) is 457 cm³/mol. The zero-order valence-corrected chi connectivity index (χ0v) is 66.7. The first-order valence-electron chi connectivity index (χ1n) is 38.6. The lowest BCUT2D eigenvalue weighted by atomic mass is 9.94. The normalized spacial score (nSPS) is 11.4. The summed E-state index contributed by atoms with van der Waals surface area (Å²) < 4.78 is 73.8. The molecule has 0 atom stereocenters. The van der Waals surface area contributed by atoms with Gasteiger partial charge >= 0.3 is 0 Å². The quantitative estimate of drug-likeness (QED) is 0.138. The SMILES string of the molecule is Cc1ccc(-c2cc[n+](C)c(-c3c(C)ccc4c3oc3nc(C)ccc34)c2)cc1.Cc1ccc2c(n1)oc1c(-c3c(-c4ccc(F)cc4)ccc[n+]3C)c(C)ccc12.Cc1ccc2c(n1)oc1c(-c3ccc(-c4ccc(F)cc4)c[n+]3C)c(C)ccc12.Cc1ccc2c(n1)oc1c(-c3ccc(-c4cccc(F)c4)c[n+]3C)c(C)ccc12. The standard InChI is InChI=1S/C26H23N2O.3C25H20FN2O/c1-16-5-9-19(10-6-16)20-13-14-28(4)23(15-20)24-17(2)7-11-21-22-12-8-18(3)27-26(22)29-25(21)24;1-15-4-11-20-21-12-5-16(2)27-25(21)29-24(20)23(15)22-13-8-18(14-28(22)3)17-6-9-19(26)10-7-17;1-15-6-12-20-21-13-7-16(2)27-25(21)29-24(20)22(15)23-19(5-4-14-28(23)3)17-8-10-18(26)11-9-17;1-15-7-10-20-21-11-8-16(2)27-25(21)29-24(20)23(15)22-12-9-18(14-28(22)3)17-5-4-6-19(26)13-17/h5-15H,1-4H3;3*4-14H,1-3H3/q4*+1. The van der Waals surface area contributed by atoms with Crippen molar-refractivity contribution in [2.75, 3.05) is 0 Å². The van der Waals surface area contributed by atoms with Crippen molar-refractivity contribution in [3.05, 3.63) is 335 Å². The van der Waals surface area contributed by atoms with Gasteiger partial charge in [-0.3, -0.25) is 0 Å². The maximum absolute atomic E-state index is 13.6. The van der Waals surface area contributed by atoms with E-state index in [0.29, 0.717) is 22.9 Å². The van der Waals surface area contributed by atoms with Gasteiger partial charge in [0.05, 0.1) is 27.8 Å². The van der Waals surface area contributed by atoms with Crippen molar-refractivity contribution in [2.45, 2.75) is 62.3 Å². The van der Waals surface area contributed by atoms with E-state index in [1.165, 1.54) is 52.6 Å². The lowest BCUT2D eigenvalue weighted by molar-refractivity contribution is -0.660. The summed E-state index contributed by atoms with van der Waals surface area (Å²) in [6.45, 7) is 18.4. The number of aryl methyl sites for hydroxylation is 13. The van der Waals surface area contributed by atoms with Crippen molar-refractivity contribution in [1.82, 2.24) is 19.9 Å². The molecule has 12 heterocycles. The molecule has 0 radical (unpaired) electrons. The van der Waals surface area contributed by atoms with E-state index in [1.54, 1.807) is 24.3 Å². The van der Waals surface area contributed by atoms with Crippen molar-refractivity contribution in [3.8, 4) is 89.5 Å². The Morgan fingerprint density at radius 1 is 0.259 bits per heavy atom. The lowest BCUT2D eigenvalue weighted by Crippen LogP contribution is -2.31. The molecular formula is C101H83F3N8O4+4. The molecule has 15 heteroatoms. The maximum Gasteiger partial charge on any atom is 0.227 e. The van der Waals surface area contributed by atoms with E-state index >= 15 is 0 Å². The molecule has 8 aromatic carbocycles. The average Bonchev–Trinajstić information content (AvgIpc) is 1.56. The number of hydrogen-bond donors (Lipinski definition) is 0. The summed E-state index contributed by atoms with van der Waals surface area (Å²) in [5.41, 5.74) is 32.4. The zero-order chi connectivity index (χ0) is 80.5. The topological polar surface area (TPSA) is 120 Å². The number of furan rings is 4. The molecular weight excluding hydrogens is 1450 g/mol. The van der Waals surface area contributed by atoms with Crippen LogP contribution in [0.3, 0.4) is 0 Å². The van der Waals surface area contributed by atoms with Gasteiger partial charge in [0, 0.05) is 107 Å². The third-order valence-electron chi connectivity index (χ3n) is 21.9. The molecule has 0 amide bonds. The van der Waals surface area contributed by atoms with Gasteiger partial charge in [0.15, 0.2) is 47.1 Å². The van der Waals surface area contributed by atoms with Crippen LogP contribution in [0.2, 0.25) is 0 Å². The molecule has 0 N–H and O–H groups in total. The number of hydrogen-bond acceptors (Lipinski definition) is 8. The van der Waals surface area contributed by atoms with Crippen LogP contribution in [0.25, 0.3) is 178 Å². The van der Waals surface area contributed by atoms with Crippen molar-refractivity contribution in [2.24, 2.45) is 28.2 Å². The number of halogens is 3. The Morgan fingerprint density at radius 3 is 1.05 bits per heavy atom. The van der Waals surface area contributed by atoms with Crippen LogP contribution in [-0.2, 0) is 28.2 Å². The van der Waals surface area contributed by atoms with Crippen molar-refractivity contribution >= 4 is 88.3 Å². The molecule has 12 aromatic heterocycles. The van der Waals surface area contributed by atoms with Crippen LogP contribution >= 0.6 is 0 Å². The van der Waals surface area contributed by atoms with E-state index in [4.69, 9.17) is 17.7 Å². The summed E-state index contributed by atoms with van der Waals surface area (Å²) in [5, 5.41) is 8.38. The molecule has 0 saturated heterocycles. The number of benzene rings is 8. The molecule has 0 unspecified atom stereocenters. The summed E-state index contributed by atoms with van der Waals surface area (Å²) >= 11 is 0. The first-order valence-corrected chi connectivity index (χ1v) is 38.6. The molecule has 12 nitrogen and oxygen atoms in total. The molecule has 0 aliphatic rings. The molecule has 0 bridgehead atoms. The molecule has 0 saturated carbocycles. The molecule has 0 fully saturated rings. The van der Waals surface area contributed by atoms with E-state index in [-0.39, 0.29) is 17.5 Å². The van der Waals surface area contributed by atoms with E-state index < -0.39 is 0 Å². The summed E-state index contributed by atoms with van der Waals surface area (Å²) in [4.78, 5) is 18.3. The Kier molecular flexibility index (Phi) is 19.6. The van der Waals surface area contributed by atoms with Crippen LogP contribution in [0, 0.1) is 79.8 Å². The van der Waals surface area contributed by atoms with Gasteiger partial charge < -0.3 is 17.7 Å². The van der Waals surface area contributed by atoms with Crippen molar-refractivity contribution in [3.63, 3.8) is 0 Å². The lowest BCUT2D eigenvalue weighted by Gasteiger charge is -2.10. The molecule has 20 rings (SSSR count). The second kappa shape index (κ2) is 30.5. The number of nitrogens with zero attached hydrogens (tertiary/aromatic N) is 8. The van der Waals surface area contributed by atoms with Gasteiger partial charge in [-0.25, -0.2) is 51.4 Å². The monoisotopic (exact) mass is 1530 g/mol. The molecule has 116 heavy (non-hydrogen) atoms. The van der Waals surface area contributed by atoms with E-state index in [0.717, 1.165) is 183 Å². The van der Waals surface area contributed by atoms with E-state index in [9.17, 15) is 13.2 Å². The van der Waals surface area contributed by atoms with Crippen LogP contribution in [0.15, 0.2) is 285 Å². The van der Waals surface area contributed by atoms with Crippen molar-refractivity contribution in [1.29, 1.82) is 0 Å². The first-order chi connectivity index (χ1) is 56.0. The molecule has 0 aliphatic carbocycles. The Bertz CT molecular complexity index is 7280. The number of rotatable bonds is 8. The van der Waals surface area contributed by atoms with Gasteiger partial charge in [0.1, 0.15) is 45.6 Å². The van der Waals surface area contributed by atoms with Gasteiger partial charge in [-0.15, -0.1) is 0 Å². The highest BCUT2D eigenvalue weighted by molar-refractivity contribution is 6.12. The largest absolute Gasteiger partial charge is 0.437 e. The van der Waals surface area contributed by atoms with Crippen molar-refractivity contribution < 1.29 is 49.1 Å². The summed E-state index contributed by atoms with van der Waals surface area (Å²) in [7, 11) is 8.12. The molecule has 568 valence electrons. The highest BCUT2D eigenvalue weighted by atomic mass is 19.1. The Hall–Kier alpha value is -14.1. The Labute approximate surface area is 669 Å². The third-order valence-corrected chi connectivity index (χ3v) is 21.9. The Morgan fingerprint density at radius 2 is 0.621 bits per heavy atom. The summed E-state index contributed by atoms with van der Waals surface area (Å²) in [5.74, 6) is -0.710. The predicted octanol–water partition coefficient (Wildman–Crippen LogP) is 23.8. The second-order valence-electron chi connectivity index (χ2n) is 30.2. The highest BCUT2D eigenvalue weighted by Crippen LogP contribution is 2.43. The van der Waals surface area contributed by atoms with Gasteiger partial charge in [-0.1, -0.05) is 115 Å². The molecule has 20 aromatic rings. The van der Waals surface area contributed by atoms with Gasteiger partial charge in [-0.2, -0.15) is 0 Å². The number of pyridine rings is 8. The van der Waals surface area contributed by atoms with E-state index in [2.05, 4.69) is 226 Å². The van der Waals surface area contributed by atoms with Crippen LogP contribution in [0.1, 0.15) is 50.6 Å².